The molecule has 176 valence electrons. The Hall–Kier alpha value is -2.46. The van der Waals surface area contributed by atoms with Crippen molar-refractivity contribution in [2.45, 2.75) is 64.6 Å². The number of benzene rings is 1. The fourth-order valence-electron chi connectivity index (χ4n) is 4.59. The molecule has 3 heterocycles. The molecule has 2 aliphatic heterocycles. The summed E-state index contributed by atoms with van der Waals surface area (Å²) in [7, 11) is -0.687. The molecule has 1 saturated carbocycles. The quantitative estimate of drug-likeness (QED) is 0.694. The van der Waals surface area contributed by atoms with E-state index < -0.39 is 29.8 Å². The molecule has 8 nitrogen and oxygen atoms in total. The Morgan fingerprint density at radius 1 is 1.21 bits per heavy atom. The van der Waals surface area contributed by atoms with Gasteiger partial charge >= 0.3 is 12.8 Å². The van der Waals surface area contributed by atoms with Gasteiger partial charge in [0.15, 0.2) is 0 Å². The number of amides is 1. The van der Waals surface area contributed by atoms with E-state index in [0.29, 0.717) is 24.3 Å². The third-order valence-electron chi connectivity index (χ3n) is 7.48. The summed E-state index contributed by atoms with van der Waals surface area (Å²) in [5, 5.41) is 6.61. The molecule has 1 atom stereocenters. The van der Waals surface area contributed by atoms with Gasteiger partial charge in [-0.05, 0) is 70.5 Å². The van der Waals surface area contributed by atoms with E-state index in [2.05, 4.69) is 10.2 Å². The number of nitrogens with one attached hydrogen (secondary N) is 1. The van der Waals surface area contributed by atoms with E-state index in [1.165, 1.54) is 10.6 Å². The zero-order chi connectivity index (χ0) is 23.5. The number of halogens is 1. The smallest absolute Gasteiger partial charge is 0.399 e. The van der Waals surface area contributed by atoms with Gasteiger partial charge in [-0.25, -0.2) is 18.9 Å². The van der Waals surface area contributed by atoms with Gasteiger partial charge in [0.25, 0.3) is 0 Å². The van der Waals surface area contributed by atoms with Crippen LogP contribution in [0.3, 0.4) is 0 Å². The molecule has 1 aromatic heterocycles. The minimum Gasteiger partial charge on any atom is -0.399 e. The lowest BCUT2D eigenvalue weighted by Crippen LogP contribution is -2.41. The van der Waals surface area contributed by atoms with E-state index in [4.69, 9.17) is 9.31 Å². The third-order valence-corrected chi connectivity index (χ3v) is 7.48. The SMILES string of the molecule is CC1(C)OB(c2ccc(-n3c(C[C@@H]4CCN(C(=O)C5CC5)C4)n[nH]c3=O)c(F)c2)OC1(C)C. The van der Waals surface area contributed by atoms with Crippen molar-refractivity contribution >= 4 is 18.5 Å². The molecule has 1 aromatic carbocycles. The molecule has 0 unspecified atom stereocenters. The van der Waals surface area contributed by atoms with Crippen LogP contribution < -0.4 is 11.2 Å². The van der Waals surface area contributed by atoms with Crippen molar-refractivity contribution < 1.29 is 18.5 Å². The highest BCUT2D eigenvalue weighted by molar-refractivity contribution is 6.62. The average Bonchev–Trinajstić information content (AvgIpc) is 3.32. The second-order valence-electron chi connectivity index (χ2n) is 10.5. The van der Waals surface area contributed by atoms with E-state index >= 15 is 4.39 Å². The van der Waals surface area contributed by atoms with E-state index in [9.17, 15) is 9.59 Å². The Kier molecular flexibility index (Phi) is 5.28. The van der Waals surface area contributed by atoms with Gasteiger partial charge in [-0.2, -0.15) is 5.10 Å². The van der Waals surface area contributed by atoms with E-state index in [0.717, 1.165) is 25.8 Å². The molecule has 1 N–H and O–H groups in total. The monoisotopic (exact) mass is 456 g/mol. The maximum Gasteiger partial charge on any atom is 0.494 e. The largest absolute Gasteiger partial charge is 0.494 e. The molecule has 10 heteroatoms. The topological polar surface area (TPSA) is 89.5 Å². The second-order valence-corrected chi connectivity index (χ2v) is 10.5. The Labute approximate surface area is 192 Å². The summed E-state index contributed by atoms with van der Waals surface area (Å²) >= 11 is 0. The van der Waals surface area contributed by atoms with E-state index in [1.54, 1.807) is 12.1 Å². The average molecular weight is 456 g/mol. The minimum absolute atomic E-state index is 0.132. The first kappa shape index (κ1) is 22.3. The van der Waals surface area contributed by atoms with Crippen molar-refractivity contribution in [1.82, 2.24) is 19.7 Å². The van der Waals surface area contributed by atoms with Crippen molar-refractivity contribution in [3.8, 4) is 5.69 Å². The summed E-state index contributed by atoms with van der Waals surface area (Å²) in [6.45, 7) is 9.15. The summed E-state index contributed by atoms with van der Waals surface area (Å²) in [5.74, 6) is 0.538. The van der Waals surface area contributed by atoms with Crippen LogP contribution >= 0.6 is 0 Å². The van der Waals surface area contributed by atoms with Crippen LogP contribution in [0.2, 0.25) is 0 Å². The molecular formula is C23H30BFN4O4. The van der Waals surface area contributed by atoms with Gasteiger partial charge in [-0.1, -0.05) is 6.07 Å². The minimum atomic E-state index is -0.687. The molecule has 2 saturated heterocycles. The maximum absolute atomic E-state index is 15.2. The first-order valence-corrected chi connectivity index (χ1v) is 11.7. The number of carbonyl (C=O) groups excluding carboxylic acids is 1. The Morgan fingerprint density at radius 3 is 2.55 bits per heavy atom. The van der Waals surface area contributed by atoms with Crippen molar-refractivity contribution in [3.63, 3.8) is 0 Å². The third kappa shape index (κ3) is 4.03. The van der Waals surface area contributed by atoms with Gasteiger partial charge in [0, 0.05) is 25.4 Å². The molecule has 3 fully saturated rings. The summed E-state index contributed by atoms with van der Waals surface area (Å²) in [4.78, 5) is 26.8. The lowest BCUT2D eigenvalue weighted by molar-refractivity contribution is -0.131. The highest BCUT2D eigenvalue weighted by atomic mass is 19.1. The number of hydrogen-bond donors (Lipinski definition) is 1. The van der Waals surface area contributed by atoms with Crippen LogP contribution in [-0.4, -0.2) is 57.0 Å². The molecule has 0 radical (unpaired) electrons. The summed E-state index contributed by atoms with van der Waals surface area (Å²) in [6.07, 6.45) is 3.31. The van der Waals surface area contributed by atoms with Gasteiger partial charge in [0.05, 0.1) is 16.9 Å². The number of aromatic amines is 1. The zero-order valence-electron chi connectivity index (χ0n) is 19.6. The molecular weight excluding hydrogens is 426 g/mol. The number of aromatic nitrogens is 3. The molecule has 0 spiro atoms. The van der Waals surface area contributed by atoms with Gasteiger partial charge in [0.1, 0.15) is 11.6 Å². The van der Waals surface area contributed by atoms with E-state index in [1.807, 2.05) is 32.6 Å². The highest BCUT2D eigenvalue weighted by Crippen LogP contribution is 2.37. The second kappa shape index (κ2) is 7.80. The van der Waals surface area contributed by atoms with Crippen LogP contribution in [0, 0.1) is 17.7 Å². The Balaban J connectivity index is 1.35. The van der Waals surface area contributed by atoms with Crippen molar-refractivity contribution in [2.75, 3.05) is 13.1 Å². The fraction of sp³-hybridized carbons (Fsp3) is 0.609. The first-order chi connectivity index (χ1) is 15.6. The molecule has 2 aromatic rings. The zero-order valence-corrected chi connectivity index (χ0v) is 19.6. The number of hydrogen-bond acceptors (Lipinski definition) is 5. The highest BCUT2D eigenvalue weighted by Gasteiger charge is 2.51. The number of rotatable bonds is 5. The van der Waals surface area contributed by atoms with Crippen LogP contribution in [0.15, 0.2) is 23.0 Å². The van der Waals surface area contributed by atoms with Gasteiger partial charge in [-0.15, -0.1) is 0 Å². The molecule has 1 amide bonds. The number of nitrogens with zero attached hydrogens (tertiary/aromatic N) is 3. The predicted molar refractivity (Wildman–Crippen MR) is 121 cm³/mol. The van der Waals surface area contributed by atoms with Gasteiger partial charge in [-0.3, -0.25) is 4.79 Å². The van der Waals surface area contributed by atoms with Crippen molar-refractivity contribution in [2.24, 2.45) is 11.8 Å². The summed E-state index contributed by atoms with van der Waals surface area (Å²) < 4.78 is 28.5. The molecule has 3 aliphatic rings. The number of likely N-dealkylation sites (tertiary alicyclic amines) is 1. The molecule has 5 rings (SSSR count). The fourth-order valence-corrected chi connectivity index (χ4v) is 4.59. The normalized spacial score (nSPS) is 24.0. The summed E-state index contributed by atoms with van der Waals surface area (Å²) in [6, 6.07) is 4.63. The van der Waals surface area contributed by atoms with Crippen LogP contribution in [0.1, 0.15) is 52.8 Å². The van der Waals surface area contributed by atoms with Gasteiger partial charge in [0.2, 0.25) is 5.91 Å². The van der Waals surface area contributed by atoms with Crippen molar-refractivity contribution in [1.29, 1.82) is 0 Å². The number of carbonyl (C=O) groups is 1. The van der Waals surface area contributed by atoms with E-state index in [-0.39, 0.29) is 23.4 Å². The standard InChI is InChI=1S/C23H30BFN4O4/c1-22(2)23(3,4)33-24(32-22)16-7-8-18(17(25)12-16)29-19(26-27-21(29)31)11-14-9-10-28(13-14)20(30)15-5-6-15/h7-8,12,14-15H,5-6,9-11,13H2,1-4H3,(H,27,31)/t14-/m0/s1. The lowest BCUT2D eigenvalue weighted by atomic mass is 9.79. The van der Waals surface area contributed by atoms with Gasteiger partial charge < -0.3 is 14.2 Å². The maximum atomic E-state index is 15.2. The Morgan fingerprint density at radius 2 is 1.91 bits per heavy atom. The molecule has 0 bridgehead atoms. The van der Waals surface area contributed by atoms with Crippen LogP contribution in [0.25, 0.3) is 5.69 Å². The molecule has 1 aliphatic carbocycles. The van der Waals surface area contributed by atoms with Crippen LogP contribution in [0.5, 0.6) is 0 Å². The number of H-pyrrole nitrogens is 1. The van der Waals surface area contributed by atoms with Crippen LogP contribution in [-0.2, 0) is 20.5 Å². The Bertz CT molecular complexity index is 1120. The summed E-state index contributed by atoms with van der Waals surface area (Å²) in [5.41, 5.74) is -0.864. The van der Waals surface area contributed by atoms with Crippen molar-refractivity contribution in [3.05, 3.63) is 40.3 Å². The van der Waals surface area contributed by atoms with Crippen LogP contribution in [0.4, 0.5) is 4.39 Å². The predicted octanol–water partition coefficient (Wildman–Crippen LogP) is 1.80. The molecule has 33 heavy (non-hydrogen) atoms. The first-order valence-electron chi connectivity index (χ1n) is 11.7. The lowest BCUT2D eigenvalue weighted by Gasteiger charge is -2.32.